The molecule has 1 rings (SSSR count). The van der Waals surface area contributed by atoms with Gasteiger partial charge in [-0.05, 0) is 18.2 Å². The molecule has 0 aliphatic heterocycles. The molecule has 4 N–H and O–H groups in total. The van der Waals surface area contributed by atoms with Crippen LogP contribution in [0.3, 0.4) is 0 Å². The molecule has 0 aliphatic rings. The fourth-order valence-electron chi connectivity index (χ4n) is 1.44. The Morgan fingerprint density at radius 1 is 1.50 bits per heavy atom. The van der Waals surface area contributed by atoms with Crippen LogP contribution in [-0.4, -0.2) is 25.8 Å². The highest BCUT2D eigenvalue weighted by Crippen LogP contribution is 2.29. The van der Waals surface area contributed by atoms with Gasteiger partial charge in [-0.25, -0.2) is 0 Å². The van der Waals surface area contributed by atoms with Crippen molar-refractivity contribution in [1.82, 2.24) is 0 Å². The number of methoxy groups -OCH3 is 2. The van der Waals surface area contributed by atoms with E-state index in [1.165, 1.54) is 14.2 Å². The summed E-state index contributed by atoms with van der Waals surface area (Å²) in [6, 6.07) is 7.06. The molecule has 0 unspecified atom stereocenters. The lowest BCUT2D eigenvalue weighted by Crippen LogP contribution is -2.22. The number of hydrogen-bond donors (Lipinski definition) is 3. The van der Waals surface area contributed by atoms with Gasteiger partial charge < -0.3 is 15.2 Å². The summed E-state index contributed by atoms with van der Waals surface area (Å²) in [5.74, 6) is -0.409. The third-order valence-corrected chi connectivity index (χ3v) is 2.84. The van der Waals surface area contributed by atoms with E-state index in [-0.39, 0.29) is 5.71 Å². The maximum absolute atomic E-state index is 8.79. The fraction of sp³-hybridized carbons (Fsp3) is 0.250. The zero-order chi connectivity index (χ0) is 15.1. The Balaban J connectivity index is 3.13. The minimum atomic E-state index is -0.590. The molecule has 0 amide bonds. The molecule has 20 heavy (non-hydrogen) atoms. The van der Waals surface area contributed by atoms with Crippen LogP contribution in [0.15, 0.2) is 27.8 Å². The number of amidine groups is 1. The Labute approximate surface area is 125 Å². The molecule has 106 valence electrons. The molecule has 0 radical (unpaired) electrons. The molecule has 0 spiro atoms. The topological polar surface area (TPSA) is 117 Å². The number of nitrogens with zero attached hydrogens (tertiary/aromatic N) is 2. The molecule has 1 aromatic carbocycles. The van der Waals surface area contributed by atoms with Crippen molar-refractivity contribution in [2.75, 3.05) is 19.6 Å². The van der Waals surface area contributed by atoms with E-state index in [9.17, 15) is 0 Å². The van der Waals surface area contributed by atoms with Gasteiger partial charge in [-0.1, -0.05) is 15.9 Å². The van der Waals surface area contributed by atoms with Gasteiger partial charge in [0.05, 0.1) is 5.69 Å². The number of halogens is 1. The SMILES string of the molecule is COC(OC)c1cc(Br)ccc1N/N=C(\C#N)C(=N)N. The Hall–Kier alpha value is -1.95. The van der Waals surface area contributed by atoms with Gasteiger partial charge in [0, 0.05) is 24.3 Å². The summed E-state index contributed by atoms with van der Waals surface area (Å²) in [5.41, 5.74) is 8.97. The van der Waals surface area contributed by atoms with E-state index in [2.05, 4.69) is 26.5 Å². The highest BCUT2D eigenvalue weighted by Gasteiger charge is 2.14. The fourth-order valence-corrected chi connectivity index (χ4v) is 1.82. The summed E-state index contributed by atoms with van der Waals surface area (Å²) in [5, 5.41) is 19.8. The Bertz CT molecular complexity index is 563. The number of hydrazone groups is 1. The number of nitriles is 1. The van der Waals surface area contributed by atoms with Gasteiger partial charge in [0.2, 0.25) is 5.71 Å². The predicted octanol–water partition coefficient (Wildman–Crippen LogP) is 1.97. The third kappa shape index (κ3) is 4.03. The molecule has 1 aromatic rings. The summed E-state index contributed by atoms with van der Waals surface area (Å²) >= 11 is 3.36. The molecule has 0 aromatic heterocycles. The Morgan fingerprint density at radius 3 is 2.65 bits per heavy atom. The first kappa shape index (κ1) is 16.1. The molecule has 0 fully saturated rings. The van der Waals surface area contributed by atoms with Crippen LogP contribution in [0.5, 0.6) is 0 Å². The van der Waals surface area contributed by atoms with Crippen LogP contribution in [0, 0.1) is 16.7 Å². The lowest BCUT2D eigenvalue weighted by Gasteiger charge is -2.17. The van der Waals surface area contributed by atoms with E-state index in [4.69, 9.17) is 25.9 Å². The first-order chi connectivity index (χ1) is 9.53. The van der Waals surface area contributed by atoms with Gasteiger partial charge in [-0.3, -0.25) is 10.8 Å². The predicted molar refractivity (Wildman–Crippen MR) is 79.5 cm³/mol. The summed E-state index contributed by atoms with van der Waals surface area (Å²) in [4.78, 5) is 0. The average Bonchev–Trinajstić information content (AvgIpc) is 2.42. The average molecular weight is 340 g/mol. The van der Waals surface area contributed by atoms with Crippen molar-refractivity contribution < 1.29 is 9.47 Å². The maximum Gasteiger partial charge on any atom is 0.201 e. The van der Waals surface area contributed by atoms with E-state index in [1.807, 2.05) is 0 Å². The van der Waals surface area contributed by atoms with Crippen molar-refractivity contribution in [2.45, 2.75) is 6.29 Å². The maximum atomic E-state index is 8.79. The normalized spacial score (nSPS) is 11.2. The molecule has 0 atom stereocenters. The molecule has 0 bridgehead atoms. The van der Waals surface area contributed by atoms with Crippen LogP contribution in [0.4, 0.5) is 5.69 Å². The first-order valence-electron chi connectivity index (χ1n) is 5.46. The summed E-state index contributed by atoms with van der Waals surface area (Å²) in [6.45, 7) is 0. The lowest BCUT2D eigenvalue weighted by molar-refractivity contribution is -0.105. The van der Waals surface area contributed by atoms with E-state index >= 15 is 0 Å². The number of benzene rings is 1. The van der Waals surface area contributed by atoms with Crippen LogP contribution in [0.25, 0.3) is 0 Å². The van der Waals surface area contributed by atoms with E-state index in [0.29, 0.717) is 11.3 Å². The molecule has 0 saturated heterocycles. The number of hydrogen-bond acceptors (Lipinski definition) is 6. The van der Waals surface area contributed by atoms with Gasteiger partial charge in [0.15, 0.2) is 12.1 Å². The molecule has 0 heterocycles. The highest BCUT2D eigenvalue weighted by atomic mass is 79.9. The summed E-state index contributed by atoms with van der Waals surface area (Å²) in [6.07, 6.45) is -0.590. The van der Waals surface area contributed by atoms with Crippen molar-refractivity contribution in [3.05, 3.63) is 28.2 Å². The monoisotopic (exact) mass is 339 g/mol. The molecule has 0 saturated carbocycles. The zero-order valence-electron chi connectivity index (χ0n) is 11.0. The van der Waals surface area contributed by atoms with Crippen LogP contribution in [0.1, 0.15) is 11.9 Å². The highest BCUT2D eigenvalue weighted by molar-refractivity contribution is 9.10. The van der Waals surface area contributed by atoms with E-state index < -0.39 is 12.1 Å². The smallest absolute Gasteiger partial charge is 0.201 e. The van der Waals surface area contributed by atoms with Crippen LogP contribution in [-0.2, 0) is 9.47 Å². The van der Waals surface area contributed by atoms with E-state index in [1.54, 1.807) is 24.3 Å². The minimum Gasteiger partial charge on any atom is -0.382 e. The van der Waals surface area contributed by atoms with Crippen molar-refractivity contribution in [3.8, 4) is 6.07 Å². The van der Waals surface area contributed by atoms with E-state index in [0.717, 1.165) is 4.47 Å². The van der Waals surface area contributed by atoms with Crippen molar-refractivity contribution in [3.63, 3.8) is 0 Å². The Morgan fingerprint density at radius 2 is 2.15 bits per heavy atom. The number of nitrogens with one attached hydrogen (secondary N) is 2. The third-order valence-electron chi connectivity index (χ3n) is 2.34. The molecule has 7 nitrogen and oxygen atoms in total. The van der Waals surface area contributed by atoms with Crippen molar-refractivity contribution in [1.29, 1.82) is 10.7 Å². The molecule has 0 aliphatic carbocycles. The van der Waals surface area contributed by atoms with Crippen LogP contribution >= 0.6 is 15.9 Å². The van der Waals surface area contributed by atoms with Gasteiger partial charge in [-0.15, -0.1) is 0 Å². The number of rotatable bonds is 6. The second kappa shape index (κ2) is 7.59. The first-order valence-corrected chi connectivity index (χ1v) is 6.26. The zero-order valence-corrected chi connectivity index (χ0v) is 12.6. The Kier molecular flexibility index (Phi) is 6.11. The molecule has 8 heteroatoms. The minimum absolute atomic E-state index is 0.203. The summed E-state index contributed by atoms with van der Waals surface area (Å²) in [7, 11) is 3.02. The van der Waals surface area contributed by atoms with Crippen LogP contribution < -0.4 is 11.2 Å². The van der Waals surface area contributed by atoms with Gasteiger partial charge in [0.25, 0.3) is 0 Å². The van der Waals surface area contributed by atoms with Gasteiger partial charge in [0.1, 0.15) is 6.07 Å². The number of ether oxygens (including phenoxy) is 2. The van der Waals surface area contributed by atoms with Gasteiger partial charge >= 0.3 is 0 Å². The second-order valence-electron chi connectivity index (χ2n) is 3.63. The molecular formula is C12H14BrN5O2. The van der Waals surface area contributed by atoms with Crippen LogP contribution in [0.2, 0.25) is 0 Å². The van der Waals surface area contributed by atoms with Crippen molar-refractivity contribution in [2.24, 2.45) is 10.8 Å². The standard InChI is InChI=1S/C12H14BrN5O2/c1-19-12(20-2)8-5-7(13)3-4-9(8)17-18-10(6-14)11(15)16/h3-5,12,17H,1-2H3,(H3,15,16)/b18-10+. The van der Waals surface area contributed by atoms with Crippen molar-refractivity contribution >= 4 is 33.2 Å². The van der Waals surface area contributed by atoms with Gasteiger partial charge in [-0.2, -0.15) is 10.4 Å². The lowest BCUT2D eigenvalue weighted by atomic mass is 10.1. The quantitative estimate of drug-likeness (QED) is 0.317. The molecular weight excluding hydrogens is 326 g/mol. The second-order valence-corrected chi connectivity index (χ2v) is 4.55. The number of anilines is 1. The number of nitrogens with two attached hydrogens (primary N) is 1. The summed E-state index contributed by atoms with van der Waals surface area (Å²) < 4.78 is 11.2. The largest absolute Gasteiger partial charge is 0.382 e.